The van der Waals surface area contributed by atoms with Gasteiger partial charge in [0.2, 0.25) is 5.13 Å². The van der Waals surface area contributed by atoms with Gasteiger partial charge in [0.25, 0.3) is 0 Å². The maximum absolute atomic E-state index is 13.2. The molecule has 0 aliphatic carbocycles. The normalized spacial score (nSPS) is 11.0. The molecule has 6 heteroatoms. The van der Waals surface area contributed by atoms with Crippen molar-refractivity contribution >= 4 is 22.7 Å². The minimum absolute atomic E-state index is 0.0887. The molecule has 0 bridgehead atoms. The predicted octanol–water partition coefficient (Wildman–Crippen LogP) is 3.18. The van der Waals surface area contributed by atoms with E-state index in [1.165, 1.54) is 29.7 Å². The Balaban J connectivity index is 2.08. The number of hydrazone groups is 1. The summed E-state index contributed by atoms with van der Waals surface area (Å²) in [5.74, 6) is -1.80. The van der Waals surface area contributed by atoms with E-state index in [4.69, 9.17) is 0 Å². The number of nitrogens with one attached hydrogen (secondary N) is 1. The molecule has 1 aromatic carbocycles. The molecular weight excluding hydrogens is 244 g/mol. The zero-order chi connectivity index (χ0) is 12.3. The molecule has 88 valence electrons. The Labute approximate surface area is 101 Å². The summed E-state index contributed by atoms with van der Waals surface area (Å²) in [4.78, 5) is 4.11. The summed E-state index contributed by atoms with van der Waals surface area (Å²) in [7, 11) is 0. The highest BCUT2D eigenvalue weighted by Gasteiger charge is 2.04. The van der Waals surface area contributed by atoms with Gasteiger partial charge in [0.1, 0.15) is 0 Å². The molecule has 2 aromatic rings. The molecule has 0 saturated heterocycles. The second kappa shape index (κ2) is 5.01. The van der Waals surface area contributed by atoms with Crippen molar-refractivity contribution in [2.45, 2.75) is 6.92 Å². The summed E-state index contributed by atoms with van der Waals surface area (Å²) >= 11 is 1.39. The topological polar surface area (TPSA) is 37.3 Å². The van der Waals surface area contributed by atoms with Crippen molar-refractivity contribution in [3.63, 3.8) is 0 Å². The number of hydrogen-bond acceptors (Lipinski definition) is 4. The third-order valence-electron chi connectivity index (χ3n) is 1.96. The smallest absolute Gasteiger partial charge is 0.203 e. The minimum atomic E-state index is -0.909. The lowest BCUT2D eigenvalue weighted by molar-refractivity contribution is 0.507. The zero-order valence-corrected chi connectivity index (χ0v) is 9.76. The van der Waals surface area contributed by atoms with E-state index in [0.717, 1.165) is 11.8 Å². The lowest BCUT2D eigenvalue weighted by atomic mass is 10.2. The zero-order valence-electron chi connectivity index (χ0n) is 8.95. The van der Waals surface area contributed by atoms with Crippen molar-refractivity contribution in [1.29, 1.82) is 0 Å². The minimum Gasteiger partial charge on any atom is -0.253 e. The second-order valence-corrected chi connectivity index (χ2v) is 4.17. The number of aromatic nitrogens is 1. The van der Waals surface area contributed by atoms with Crippen LogP contribution < -0.4 is 5.43 Å². The molecule has 1 aromatic heterocycles. The number of nitrogens with zero attached hydrogens (tertiary/aromatic N) is 2. The van der Waals surface area contributed by atoms with Gasteiger partial charge in [-0.15, -0.1) is 11.3 Å². The number of anilines is 1. The molecular formula is C11H9F2N3S. The lowest BCUT2D eigenvalue weighted by Gasteiger charge is -1.97. The van der Waals surface area contributed by atoms with Crippen LogP contribution in [0.3, 0.4) is 0 Å². The van der Waals surface area contributed by atoms with Gasteiger partial charge in [-0.25, -0.2) is 13.8 Å². The molecule has 1 N–H and O–H groups in total. The third kappa shape index (κ3) is 2.85. The van der Waals surface area contributed by atoms with Crippen LogP contribution in [0.4, 0.5) is 13.9 Å². The van der Waals surface area contributed by atoms with Gasteiger partial charge >= 0.3 is 0 Å². The first-order valence-corrected chi connectivity index (χ1v) is 5.70. The van der Waals surface area contributed by atoms with Crippen LogP contribution in [0.1, 0.15) is 11.3 Å². The quantitative estimate of drug-likeness (QED) is 0.673. The van der Waals surface area contributed by atoms with E-state index < -0.39 is 11.6 Å². The molecule has 0 unspecified atom stereocenters. The first kappa shape index (κ1) is 11.7. The van der Waals surface area contributed by atoms with E-state index in [1.807, 2.05) is 12.3 Å². The molecule has 0 fully saturated rings. The van der Waals surface area contributed by atoms with Gasteiger partial charge in [-0.05, 0) is 13.0 Å². The molecule has 3 nitrogen and oxygen atoms in total. The van der Waals surface area contributed by atoms with Crippen LogP contribution in [0.15, 0.2) is 28.7 Å². The van der Waals surface area contributed by atoms with E-state index in [2.05, 4.69) is 15.5 Å². The number of hydrogen-bond donors (Lipinski definition) is 1. The Morgan fingerprint density at radius 2 is 2.24 bits per heavy atom. The SMILES string of the molecule is Cc1csc(NN=Cc2cccc(F)c2F)n1. The van der Waals surface area contributed by atoms with Crippen LogP contribution in [0.5, 0.6) is 0 Å². The van der Waals surface area contributed by atoms with E-state index in [1.54, 1.807) is 0 Å². The summed E-state index contributed by atoms with van der Waals surface area (Å²) in [6.45, 7) is 1.86. The molecule has 0 amide bonds. The van der Waals surface area contributed by atoms with Gasteiger partial charge in [0.05, 0.1) is 11.9 Å². The van der Waals surface area contributed by atoms with Crippen LogP contribution in [0.2, 0.25) is 0 Å². The largest absolute Gasteiger partial charge is 0.253 e. The maximum atomic E-state index is 13.2. The predicted molar refractivity (Wildman–Crippen MR) is 64.4 cm³/mol. The van der Waals surface area contributed by atoms with E-state index in [0.29, 0.717) is 5.13 Å². The van der Waals surface area contributed by atoms with Gasteiger partial charge in [-0.3, -0.25) is 5.43 Å². The molecule has 17 heavy (non-hydrogen) atoms. The van der Waals surface area contributed by atoms with Crippen molar-refractivity contribution in [3.05, 3.63) is 46.5 Å². The summed E-state index contributed by atoms with van der Waals surface area (Å²) in [5.41, 5.74) is 3.62. The Bertz CT molecular complexity index is 551. The molecule has 0 saturated carbocycles. The highest BCUT2D eigenvalue weighted by atomic mass is 32.1. The first-order valence-electron chi connectivity index (χ1n) is 4.82. The number of benzene rings is 1. The van der Waals surface area contributed by atoms with Gasteiger partial charge in [0, 0.05) is 10.9 Å². The van der Waals surface area contributed by atoms with Gasteiger partial charge in [0.15, 0.2) is 11.6 Å². The Morgan fingerprint density at radius 3 is 2.94 bits per heavy atom. The maximum Gasteiger partial charge on any atom is 0.203 e. The van der Waals surface area contributed by atoms with Crippen LogP contribution in [-0.4, -0.2) is 11.2 Å². The third-order valence-corrected chi connectivity index (χ3v) is 2.83. The lowest BCUT2D eigenvalue weighted by Crippen LogP contribution is -1.95. The molecule has 0 atom stereocenters. The van der Waals surface area contributed by atoms with E-state index in [9.17, 15) is 8.78 Å². The van der Waals surface area contributed by atoms with Crippen molar-refractivity contribution in [3.8, 4) is 0 Å². The van der Waals surface area contributed by atoms with Crippen molar-refractivity contribution < 1.29 is 8.78 Å². The van der Waals surface area contributed by atoms with Crippen molar-refractivity contribution in [1.82, 2.24) is 4.98 Å². The second-order valence-electron chi connectivity index (χ2n) is 3.31. The monoisotopic (exact) mass is 253 g/mol. The van der Waals surface area contributed by atoms with Crippen LogP contribution in [0, 0.1) is 18.6 Å². The van der Waals surface area contributed by atoms with E-state index in [-0.39, 0.29) is 5.56 Å². The summed E-state index contributed by atoms with van der Waals surface area (Å²) < 4.78 is 26.1. The molecule has 1 heterocycles. The fourth-order valence-corrected chi connectivity index (χ4v) is 1.82. The summed E-state index contributed by atoms with van der Waals surface area (Å²) in [5, 5.41) is 6.26. The average Bonchev–Trinajstić information content (AvgIpc) is 2.70. The van der Waals surface area contributed by atoms with Crippen molar-refractivity contribution in [2.75, 3.05) is 5.43 Å². The van der Waals surface area contributed by atoms with Crippen LogP contribution in [0.25, 0.3) is 0 Å². The Morgan fingerprint density at radius 1 is 1.41 bits per heavy atom. The van der Waals surface area contributed by atoms with Crippen LogP contribution in [-0.2, 0) is 0 Å². The fraction of sp³-hybridized carbons (Fsp3) is 0.0909. The molecule has 0 aliphatic heterocycles. The molecule has 0 radical (unpaired) electrons. The van der Waals surface area contributed by atoms with Crippen LogP contribution >= 0.6 is 11.3 Å². The average molecular weight is 253 g/mol. The highest BCUT2D eigenvalue weighted by molar-refractivity contribution is 7.13. The molecule has 0 spiro atoms. The number of rotatable bonds is 3. The number of halogens is 2. The van der Waals surface area contributed by atoms with Gasteiger partial charge in [-0.1, -0.05) is 12.1 Å². The Kier molecular flexibility index (Phi) is 3.43. The molecule has 2 rings (SSSR count). The fourth-order valence-electron chi connectivity index (χ4n) is 1.18. The highest BCUT2D eigenvalue weighted by Crippen LogP contribution is 2.14. The summed E-state index contributed by atoms with van der Waals surface area (Å²) in [6.07, 6.45) is 1.22. The van der Waals surface area contributed by atoms with Gasteiger partial charge in [-0.2, -0.15) is 5.10 Å². The van der Waals surface area contributed by atoms with Gasteiger partial charge < -0.3 is 0 Å². The molecule has 0 aliphatic rings. The Hall–Kier alpha value is -1.82. The van der Waals surface area contributed by atoms with Crippen molar-refractivity contribution in [2.24, 2.45) is 5.10 Å². The number of thiazole rings is 1. The summed E-state index contributed by atoms with van der Waals surface area (Å²) in [6, 6.07) is 3.92. The van der Waals surface area contributed by atoms with E-state index >= 15 is 0 Å². The first-order chi connectivity index (χ1) is 8.16. The standard InChI is InChI=1S/C11H9F2N3S/c1-7-6-17-11(15-7)16-14-5-8-3-2-4-9(12)10(8)13/h2-6H,1H3,(H,15,16). The number of aryl methyl sites for hydroxylation is 1.